The first-order chi connectivity index (χ1) is 7.92. The van der Waals surface area contributed by atoms with Crippen LogP contribution in [-0.4, -0.2) is 24.6 Å². The SMILES string of the molecule is CC(C)(C)C1CC=C([N+]2(C)CCCCC2)CC1. The molecule has 2 aliphatic rings. The smallest absolute Gasteiger partial charge is 0.105 e. The summed E-state index contributed by atoms with van der Waals surface area (Å²) in [7, 11) is 2.46. The molecule has 98 valence electrons. The number of hydrogen-bond donors (Lipinski definition) is 0. The molecular weight excluding hydrogens is 206 g/mol. The molecule has 1 aliphatic heterocycles. The Hall–Kier alpha value is -0.300. The van der Waals surface area contributed by atoms with Gasteiger partial charge < -0.3 is 0 Å². The molecule has 1 heterocycles. The highest BCUT2D eigenvalue weighted by Crippen LogP contribution is 2.39. The summed E-state index contributed by atoms with van der Waals surface area (Å²) in [5, 5.41) is 0. The summed E-state index contributed by atoms with van der Waals surface area (Å²) in [5.74, 6) is 0.891. The molecule has 0 aromatic carbocycles. The quantitative estimate of drug-likeness (QED) is 0.594. The molecule has 1 fully saturated rings. The first kappa shape index (κ1) is 13.1. The van der Waals surface area contributed by atoms with Gasteiger partial charge in [-0.2, -0.15) is 0 Å². The van der Waals surface area contributed by atoms with Crippen LogP contribution < -0.4 is 0 Å². The molecule has 17 heavy (non-hydrogen) atoms. The van der Waals surface area contributed by atoms with E-state index < -0.39 is 0 Å². The fourth-order valence-electron chi connectivity index (χ4n) is 3.59. The van der Waals surface area contributed by atoms with E-state index in [9.17, 15) is 0 Å². The third-order valence-electron chi connectivity index (χ3n) is 5.11. The van der Waals surface area contributed by atoms with Crippen molar-refractivity contribution in [1.29, 1.82) is 0 Å². The van der Waals surface area contributed by atoms with Gasteiger partial charge in [-0.1, -0.05) is 20.8 Å². The molecule has 1 nitrogen and oxygen atoms in total. The van der Waals surface area contributed by atoms with Gasteiger partial charge in [0.25, 0.3) is 0 Å². The van der Waals surface area contributed by atoms with Gasteiger partial charge in [0.2, 0.25) is 0 Å². The molecule has 0 N–H and O–H groups in total. The van der Waals surface area contributed by atoms with E-state index in [0.717, 1.165) is 5.92 Å². The zero-order chi connectivity index (χ0) is 12.5. The minimum absolute atomic E-state index is 0.489. The Bertz CT molecular complexity index is 289. The van der Waals surface area contributed by atoms with Gasteiger partial charge in [0.05, 0.1) is 20.1 Å². The number of allylic oxidation sites excluding steroid dienone is 2. The first-order valence-corrected chi connectivity index (χ1v) is 7.46. The van der Waals surface area contributed by atoms with Gasteiger partial charge >= 0.3 is 0 Å². The van der Waals surface area contributed by atoms with Gasteiger partial charge in [0.15, 0.2) is 0 Å². The van der Waals surface area contributed by atoms with Crippen molar-refractivity contribution in [3.63, 3.8) is 0 Å². The molecule has 0 aromatic heterocycles. The molecule has 1 saturated heterocycles. The molecule has 1 atom stereocenters. The van der Waals surface area contributed by atoms with Crippen molar-refractivity contribution in [2.45, 2.75) is 59.3 Å². The van der Waals surface area contributed by atoms with Crippen molar-refractivity contribution in [2.75, 3.05) is 20.1 Å². The van der Waals surface area contributed by atoms with Crippen molar-refractivity contribution in [3.05, 3.63) is 11.8 Å². The van der Waals surface area contributed by atoms with E-state index in [-0.39, 0.29) is 0 Å². The van der Waals surface area contributed by atoms with Crippen LogP contribution in [0.5, 0.6) is 0 Å². The number of nitrogens with zero attached hydrogens (tertiary/aromatic N) is 1. The van der Waals surface area contributed by atoms with E-state index >= 15 is 0 Å². The van der Waals surface area contributed by atoms with Gasteiger partial charge in [0.1, 0.15) is 5.70 Å². The largest absolute Gasteiger partial charge is 0.297 e. The van der Waals surface area contributed by atoms with Gasteiger partial charge in [0, 0.05) is 6.42 Å². The monoisotopic (exact) mass is 236 g/mol. The van der Waals surface area contributed by atoms with Crippen LogP contribution in [0.4, 0.5) is 0 Å². The number of quaternary nitrogens is 1. The summed E-state index contributed by atoms with van der Waals surface area (Å²) < 4.78 is 1.26. The maximum Gasteiger partial charge on any atom is 0.105 e. The fourth-order valence-corrected chi connectivity index (χ4v) is 3.59. The summed E-state index contributed by atoms with van der Waals surface area (Å²) in [6.45, 7) is 9.95. The summed E-state index contributed by atoms with van der Waals surface area (Å²) in [6.07, 6.45) is 11.0. The summed E-state index contributed by atoms with van der Waals surface area (Å²) in [5.41, 5.74) is 2.23. The Labute approximate surface area is 107 Å². The molecule has 0 radical (unpaired) electrons. The Morgan fingerprint density at radius 2 is 1.76 bits per heavy atom. The minimum Gasteiger partial charge on any atom is -0.297 e. The molecule has 1 heteroatoms. The van der Waals surface area contributed by atoms with Crippen molar-refractivity contribution in [2.24, 2.45) is 11.3 Å². The van der Waals surface area contributed by atoms with Crippen LogP contribution in [0.25, 0.3) is 0 Å². The average molecular weight is 236 g/mol. The number of likely N-dealkylation sites (tertiary alicyclic amines) is 1. The average Bonchev–Trinajstić information content (AvgIpc) is 2.29. The normalized spacial score (nSPS) is 29.9. The minimum atomic E-state index is 0.489. The van der Waals surface area contributed by atoms with Crippen molar-refractivity contribution < 1.29 is 4.48 Å². The lowest BCUT2D eigenvalue weighted by atomic mass is 9.73. The van der Waals surface area contributed by atoms with Gasteiger partial charge in [-0.25, -0.2) is 0 Å². The lowest BCUT2D eigenvalue weighted by Crippen LogP contribution is -2.47. The predicted molar refractivity (Wildman–Crippen MR) is 74.6 cm³/mol. The topological polar surface area (TPSA) is 0 Å². The molecule has 2 rings (SSSR count). The molecule has 1 aliphatic carbocycles. The van der Waals surface area contributed by atoms with Gasteiger partial charge in [-0.15, -0.1) is 0 Å². The summed E-state index contributed by atoms with van der Waals surface area (Å²) >= 11 is 0. The van der Waals surface area contributed by atoms with Crippen LogP contribution in [0.1, 0.15) is 59.3 Å². The van der Waals surface area contributed by atoms with Crippen LogP contribution in [0.2, 0.25) is 0 Å². The Morgan fingerprint density at radius 1 is 1.12 bits per heavy atom. The second-order valence-corrected chi connectivity index (χ2v) is 7.44. The van der Waals surface area contributed by atoms with Gasteiger partial charge in [-0.3, -0.25) is 4.48 Å². The van der Waals surface area contributed by atoms with E-state index in [1.807, 2.05) is 0 Å². The lowest BCUT2D eigenvalue weighted by molar-refractivity contribution is -0.879. The molecule has 0 aromatic rings. The van der Waals surface area contributed by atoms with Gasteiger partial charge in [-0.05, 0) is 49.5 Å². The van der Waals surface area contributed by atoms with E-state index in [2.05, 4.69) is 33.9 Å². The lowest BCUT2D eigenvalue weighted by Gasteiger charge is -2.42. The fraction of sp³-hybridized carbons (Fsp3) is 0.875. The molecular formula is C16H30N+. The van der Waals surface area contributed by atoms with Crippen LogP contribution in [0.3, 0.4) is 0 Å². The van der Waals surface area contributed by atoms with E-state index in [4.69, 9.17) is 0 Å². The van der Waals surface area contributed by atoms with Crippen LogP contribution >= 0.6 is 0 Å². The molecule has 0 saturated carbocycles. The number of rotatable bonds is 1. The molecule has 0 amide bonds. The first-order valence-electron chi connectivity index (χ1n) is 7.46. The molecule has 0 spiro atoms. The Balaban J connectivity index is 2.02. The van der Waals surface area contributed by atoms with Crippen molar-refractivity contribution in [3.8, 4) is 0 Å². The highest BCUT2D eigenvalue weighted by atomic mass is 15.3. The Morgan fingerprint density at radius 3 is 2.24 bits per heavy atom. The van der Waals surface area contributed by atoms with Crippen LogP contribution in [0.15, 0.2) is 11.8 Å². The second kappa shape index (κ2) is 4.76. The van der Waals surface area contributed by atoms with E-state index in [1.54, 1.807) is 5.70 Å². The molecule has 1 unspecified atom stereocenters. The van der Waals surface area contributed by atoms with Crippen LogP contribution in [-0.2, 0) is 0 Å². The second-order valence-electron chi connectivity index (χ2n) is 7.44. The highest BCUT2D eigenvalue weighted by Gasteiger charge is 2.34. The number of hydrogen-bond acceptors (Lipinski definition) is 0. The number of piperidine rings is 1. The summed E-state index contributed by atoms with van der Waals surface area (Å²) in [6, 6.07) is 0. The van der Waals surface area contributed by atoms with Crippen molar-refractivity contribution >= 4 is 0 Å². The molecule has 0 bridgehead atoms. The zero-order valence-corrected chi connectivity index (χ0v) is 12.3. The van der Waals surface area contributed by atoms with E-state index in [1.165, 1.54) is 56.1 Å². The summed E-state index contributed by atoms with van der Waals surface area (Å²) in [4.78, 5) is 0. The van der Waals surface area contributed by atoms with Crippen LogP contribution in [0, 0.1) is 11.3 Å². The highest BCUT2D eigenvalue weighted by molar-refractivity contribution is 5.02. The third-order valence-corrected chi connectivity index (χ3v) is 5.11. The van der Waals surface area contributed by atoms with E-state index in [0.29, 0.717) is 5.41 Å². The van der Waals surface area contributed by atoms with Crippen molar-refractivity contribution in [1.82, 2.24) is 0 Å². The third kappa shape index (κ3) is 2.93. The standard InChI is InChI=1S/C16H30N/c1-16(2,3)14-8-10-15(11-9-14)17(4)12-6-5-7-13-17/h10,14H,5-9,11-13H2,1-4H3/q+1. The Kier molecular flexibility index (Phi) is 3.68. The predicted octanol–water partition coefficient (Wildman–Crippen LogP) is 4.35. The maximum absolute atomic E-state index is 2.59. The maximum atomic E-state index is 2.59. The zero-order valence-electron chi connectivity index (χ0n) is 12.3.